The smallest absolute Gasteiger partial charge is 0.263 e. The standard InChI is InChI=1S/C20H16N2O6S/c1-27-16-9-11(8-14-17(23)21-20(29)22-18(14)24)5-6-15(16)28-10-12-3-2-4-13(7-12)19(25)26/h2-9H,10H2,1H3,(H,25,26)(H2,21,22,23,24,29)/p-1. The summed E-state index contributed by atoms with van der Waals surface area (Å²) >= 11 is 4.76. The molecule has 2 amide bonds. The van der Waals surface area contributed by atoms with Gasteiger partial charge in [-0.2, -0.15) is 0 Å². The zero-order valence-corrected chi connectivity index (χ0v) is 16.0. The number of rotatable bonds is 6. The van der Waals surface area contributed by atoms with Crippen LogP contribution in [0.15, 0.2) is 48.0 Å². The minimum absolute atomic E-state index is 0.0405. The number of carboxylic acids is 1. The molecule has 1 aliphatic heterocycles. The van der Waals surface area contributed by atoms with Crippen LogP contribution >= 0.6 is 12.2 Å². The molecule has 0 saturated carbocycles. The number of carboxylic acid groups (broad SMARTS) is 1. The second-order valence-corrected chi connectivity index (χ2v) is 6.39. The van der Waals surface area contributed by atoms with Crippen LogP contribution in [0.2, 0.25) is 0 Å². The highest BCUT2D eigenvalue weighted by atomic mass is 32.1. The Kier molecular flexibility index (Phi) is 5.89. The van der Waals surface area contributed by atoms with E-state index < -0.39 is 17.8 Å². The second kappa shape index (κ2) is 8.53. The van der Waals surface area contributed by atoms with E-state index in [1.165, 1.54) is 25.3 Å². The van der Waals surface area contributed by atoms with Gasteiger partial charge in [0.2, 0.25) is 0 Å². The molecule has 3 rings (SSSR count). The first-order chi connectivity index (χ1) is 13.9. The monoisotopic (exact) mass is 411 g/mol. The van der Waals surface area contributed by atoms with Gasteiger partial charge in [-0.1, -0.05) is 24.3 Å². The Morgan fingerprint density at radius 1 is 1.10 bits per heavy atom. The molecule has 0 radical (unpaired) electrons. The number of thiocarbonyl (C=S) groups is 1. The van der Waals surface area contributed by atoms with Crippen LogP contribution in [-0.2, 0) is 16.2 Å². The molecular formula is C20H15N2O6S-. The van der Waals surface area contributed by atoms with Gasteiger partial charge >= 0.3 is 0 Å². The van der Waals surface area contributed by atoms with Crippen molar-refractivity contribution in [1.82, 2.24) is 10.6 Å². The molecule has 9 heteroatoms. The van der Waals surface area contributed by atoms with Crippen molar-refractivity contribution < 1.29 is 29.0 Å². The predicted molar refractivity (Wildman–Crippen MR) is 105 cm³/mol. The van der Waals surface area contributed by atoms with Crippen molar-refractivity contribution in [2.45, 2.75) is 6.61 Å². The van der Waals surface area contributed by atoms with Crippen molar-refractivity contribution in [2.24, 2.45) is 0 Å². The van der Waals surface area contributed by atoms with Crippen molar-refractivity contribution in [1.29, 1.82) is 0 Å². The zero-order valence-electron chi connectivity index (χ0n) is 15.2. The number of carbonyl (C=O) groups excluding carboxylic acids is 3. The Balaban J connectivity index is 1.79. The molecule has 148 valence electrons. The van der Waals surface area contributed by atoms with Gasteiger partial charge in [-0.25, -0.2) is 0 Å². The first kappa shape index (κ1) is 20.0. The molecule has 2 N–H and O–H groups in total. The van der Waals surface area contributed by atoms with E-state index in [9.17, 15) is 19.5 Å². The van der Waals surface area contributed by atoms with E-state index in [0.717, 1.165) is 0 Å². The number of carbonyl (C=O) groups is 3. The lowest BCUT2D eigenvalue weighted by Crippen LogP contribution is -2.51. The molecule has 0 unspecified atom stereocenters. The summed E-state index contributed by atoms with van der Waals surface area (Å²) in [6.07, 6.45) is 1.40. The maximum Gasteiger partial charge on any atom is 0.263 e. The number of methoxy groups -OCH3 is 1. The number of ether oxygens (including phenoxy) is 2. The van der Waals surface area contributed by atoms with Gasteiger partial charge < -0.3 is 19.4 Å². The van der Waals surface area contributed by atoms with E-state index in [1.54, 1.807) is 30.3 Å². The highest BCUT2D eigenvalue weighted by Gasteiger charge is 2.25. The summed E-state index contributed by atoms with van der Waals surface area (Å²) in [5, 5.41) is 15.6. The number of nitrogens with one attached hydrogen (secondary N) is 2. The van der Waals surface area contributed by atoms with Gasteiger partial charge in [0.25, 0.3) is 11.8 Å². The summed E-state index contributed by atoms with van der Waals surface area (Å²) in [6, 6.07) is 11.1. The summed E-state index contributed by atoms with van der Waals surface area (Å²) in [5.41, 5.74) is 1.16. The molecule has 1 saturated heterocycles. The number of amides is 2. The average Bonchev–Trinajstić information content (AvgIpc) is 2.69. The van der Waals surface area contributed by atoms with Crippen molar-refractivity contribution in [3.05, 3.63) is 64.7 Å². The number of hydrogen-bond acceptors (Lipinski definition) is 7. The third-order valence-electron chi connectivity index (χ3n) is 4.00. The molecule has 1 aliphatic rings. The topological polar surface area (TPSA) is 117 Å². The lowest BCUT2D eigenvalue weighted by atomic mass is 10.1. The van der Waals surface area contributed by atoms with Crippen molar-refractivity contribution in [2.75, 3.05) is 7.11 Å². The van der Waals surface area contributed by atoms with Gasteiger partial charge in [-0.15, -0.1) is 0 Å². The molecule has 2 aromatic carbocycles. The van der Waals surface area contributed by atoms with Crippen LogP contribution < -0.4 is 25.2 Å². The Morgan fingerprint density at radius 2 is 1.83 bits per heavy atom. The second-order valence-electron chi connectivity index (χ2n) is 5.98. The van der Waals surface area contributed by atoms with Crippen LogP contribution in [0.5, 0.6) is 11.5 Å². The zero-order chi connectivity index (χ0) is 21.0. The maximum atomic E-state index is 11.9. The quantitative estimate of drug-likeness (QED) is 0.405. The van der Waals surface area contributed by atoms with Crippen LogP contribution in [0.4, 0.5) is 0 Å². The van der Waals surface area contributed by atoms with Crippen molar-refractivity contribution in [3.8, 4) is 11.5 Å². The van der Waals surface area contributed by atoms with Crippen LogP contribution in [0.25, 0.3) is 6.08 Å². The number of aromatic carboxylic acids is 1. The van der Waals surface area contributed by atoms with E-state index >= 15 is 0 Å². The van der Waals surface area contributed by atoms with Crippen molar-refractivity contribution in [3.63, 3.8) is 0 Å². The fraction of sp³-hybridized carbons (Fsp3) is 0.100. The fourth-order valence-electron chi connectivity index (χ4n) is 2.62. The number of benzene rings is 2. The van der Waals surface area contributed by atoms with Gasteiger partial charge in [-0.05, 0) is 53.2 Å². The van der Waals surface area contributed by atoms with E-state index in [0.29, 0.717) is 22.6 Å². The minimum atomic E-state index is -1.27. The third kappa shape index (κ3) is 4.77. The molecule has 0 atom stereocenters. The Bertz CT molecular complexity index is 1030. The summed E-state index contributed by atoms with van der Waals surface area (Å²) in [6.45, 7) is 0.111. The molecule has 0 aliphatic carbocycles. The lowest BCUT2D eigenvalue weighted by Gasteiger charge is -2.16. The molecule has 29 heavy (non-hydrogen) atoms. The highest BCUT2D eigenvalue weighted by Crippen LogP contribution is 2.30. The van der Waals surface area contributed by atoms with Gasteiger partial charge in [0.1, 0.15) is 12.2 Å². The molecule has 0 bridgehead atoms. The van der Waals surface area contributed by atoms with E-state index in [1.807, 2.05) is 0 Å². The molecular weight excluding hydrogens is 396 g/mol. The molecule has 1 heterocycles. The summed E-state index contributed by atoms with van der Waals surface area (Å²) in [5.74, 6) is -1.66. The fourth-order valence-corrected chi connectivity index (χ4v) is 2.80. The van der Waals surface area contributed by atoms with Gasteiger partial charge in [0, 0.05) is 0 Å². The van der Waals surface area contributed by atoms with Crippen LogP contribution in [-0.4, -0.2) is 30.0 Å². The van der Waals surface area contributed by atoms with Crippen LogP contribution in [0, 0.1) is 0 Å². The lowest BCUT2D eigenvalue weighted by molar-refractivity contribution is -0.255. The Hall–Kier alpha value is -3.72. The first-order valence-electron chi connectivity index (χ1n) is 8.37. The van der Waals surface area contributed by atoms with Crippen LogP contribution in [0.1, 0.15) is 21.5 Å². The van der Waals surface area contributed by atoms with Crippen molar-refractivity contribution >= 4 is 41.2 Å². The third-order valence-corrected chi connectivity index (χ3v) is 4.20. The van der Waals surface area contributed by atoms with Crippen LogP contribution in [0.3, 0.4) is 0 Å². The number of hydrogen-bond donors (Lipinski definition) is 2. The van der Waals surface area contributed by atoms with E-state index in [4.69, 9.17) is 21.7 Å². The van der Waals surface area contributed by atoms with Gasteiger partial charge in [-0.3, -0.25) is 20.2 Å². The Morgan fingerprint density at radius 3 is 2.48 bits per heavy atom. The molecule has 0 aromatic heterocycles. The molecule has 0 spiro atoms. The SMILES string of the molecule is COc1cc(C=C2C(=O)NC(=S)NC2=O)ccc1OCc1cccc(C(=O)[O-])c1. The predicted octanol–water partition coefficient (Wildman–Crippen LogP) is 0.552. The van der Waals surface area contributed by atoms with E-state index in [-0.39, 0.29) is 22.9 Å². The Labute approximate surface area is 171 Å². The normalized spacial score (nSPS) is 13.4. The largest absolute Gasteiger partial charge is 0.545 e. The molecule has 1 fully saturated rings. The first-order valence-corrected chi connectivity index (χ1v) is 8.77. The molecule has 8 nitrogen and oxygen atoms in total. The summed E-state index contributed by atoms with van der Waals surface area (Å²) in [4.78, 5) is 34.8. The van der Waals surface area contributed by atoms with E-state index in [2.05, 4.69) is 10.6 Å². The summed E-state index contributed by atoms with van der Waals surface area (Å²) in [7, 11) is 1.45. The maximum absolute atomic E-state index is 11.9. The summed E-state index contributed by atoms with van der Waals surface area (Å²) < 4.78 is 11.0. The van der Waals surface area contributed by atoms with Gasteiger partial charge in [0.15, 0.2) is 16.6 Å². The highest BCUT2D eigenvalue weighted by molar-refractivity contribution is 7.80. The average molecular weight is 411 g/mol. The minimum Gasteiger partial charge on any atom is -0.545 e. The van der Waals surface area contributed by atoms with Gasteiger partial charge in [0.05, 0.1) is 13.1 Å². The molecule has 2 aromatic rings.